The van der Waals surface area contributed by atoms with Crippen molar-refractivity contribution in [3.63, 3.8) is 0 Å². The SMILES string of the molecule is O=C(O)CC[C@H](NC(=O)c1ccc(-c2ccc3ccccc3c2)cc1)C(=O)NCc1ccccc1. The summed E-state index contributed by atoms with van der Waals surface area (Å²) in [5.41, 5.74) is 3.31. The van der Waals surface area contributed by atoms with Gasteiger partial charge in [0.2, 0.25) is 5.91 Å². The highest BCUT2D eigenvalue weighted by molar-refractivity contribution is 5.98. The summed E-state index contributed by atoms with van der Waals surface area (Å²) in [6.07, 6.45) is -0.235. The molecule has 3 N–H and O–H groups in total. The van der Waals surface area contributed by atoms with Gasteiger partial charge in [0.15, 0.2) is 0 Å². The van der Waals surface area contributed by atoms with E-state index in [0.717, 1.165) is 27.5 Å². The van der Waals surface area contributed by atoms with E-state index in [-0.39, 0.29) is 12.8 Å². The molecule has 0 saturated heterocycles. The van der Waals surface area contributed by atoms with Gasteiger partial charge in [0.1, 0.15) is 6.04 Å². The number of hydrogen-bond acceptors (Lipinski definition) is 3. The monoisotopic (exact) mass is 466 g/mol. The minimum Gasteiger partial charge on any atom is -0.481 e. The first-order valence-electron chi connectivity index (χ1n) is 11.4. The van der Waals surface area contributed by atoms with Gasteiger partial charge in [-0.05, 0) is 52.1 Å². The van der Waals surface area contributed by atoms with Crippen LogP contribution < -0.4 is 10.6 Å². The molecular weight excluding hydrogens is 440 g/mol. The first-order valence-corrected chi connectivity index (χ1v) is 11.4. The summed E-state index contributed by atoms with van der Waals surface area (Å²) in [5.74, 6) is -1.88. The van der Waals surface area contributed by atoms with Crippen LogP contribution in [0.1, 0.15) is 28.8 Å². The summed E-state index contributed by atoms with van der Waals surface area (Å²) in [7, 11) is 0. The quantitative estimate of drug-likeness (QED) is 0.331. The zero-order valence-electron chi connectivity index (χ0n) is 19.1. The Morgan fingerprint density at radius 2 is 1.40 bits per heavy atom. The summed E-state index contributed by atoms with van der Waals surface area (Å²) in [6.45, 7) is 0.291. The molecule has 6 nitrogen and oxygen atoms in total. The van der Waals surface area contributed by atoms with Crippen LogP contribution in [0.25, 0.3) is 21.9 Å². The van der Waals surface area contributed by atoms with Gasteiger partial charge in [-0.2, -0.15) is 0 Å². The molecule has 4 aromatic carbocycles. The second-order valence-corrected chi connectivity index (χ2v) is 8.30. The van der Waals surface area contributed by atoms with Crippen molar-refractivity contribution in [3.8, 4) is 11.1 Å². The number of amides is 2. The van der Waals surface area contributed by atoms with Gasteiger partial charge in [-0.15, -0.1) is 0 Å². The largest absolute Gasteiger partial charge is 0.481 e. The van der Waals surface area contributed by atoms with Crippen LogP contribution in [-0.2, 0) is 16.1 Å². The highest BCUT2D eigenvalue weighted by Crippen LogP contribution is 2.24. The number of carbonyl (C=O) groups excluding carboxylic acids is 2. The summed E-state index contributed by atoms with van der Waals surface area (Å²) in [4.78, 5) is 36.7. The van der Waals surface area contributed by atoms with E-state index in [1.807, 2.05) is 60.7 Å². The molecule has 4 aromatic rings. The van der Waals surface area contributed by atoms with E-state index in [4.69, 9.17) is 5.11 Å². The van der Waals surface area contributed by atoms with Crippen LogP contribution >= 0.6 is 0 Å². The Hall–Kier alpha value is -4.45. The number of nitrogens with one attached hydrogen (secondary N) is 2. The molecule has 0 heterocycles. The van der Waals surface area contributed by atoms with Crippen LogP contribution in [0.15, 0.2) is 97.1 Å². The van der Waals surface area contributed by atoms with Crippen molar-refractivity contribution in [1.82, 2.24) is 10.6 Å². The lowest BCUT2D eigenvalue weighted by Gasteiger charge is -2.18. The summed E-state index contributed by atoms with van der Waals surface area (Å²) in [6, 6.07) is 29.9. The Bertz CT molecular complexity index is 1330. The van der Waals surface area contributed by atoms with Crippen LogP contribution in [0.2, 0.25) is 0 Å². The molecule has 0 aromatic heterocycles. The number of benzene rings is 4. The molecule has 0 aliphatic heterocycles. The summed E-state index contributed by atoms with van der Waals surface area (Å²) in [5, 5.41) is 16.8. The van der Waals surface area contributed by atoms with E-state index in [9.17, 15) is 14.4 Å². The number of carbonyl (C=O) groups is 3. The summed E-state index contributed by atoms with van der Waals surface area (Å²) < 4.78 is 0. The Morgan fingerprint density at radius 3 is 2.11 bits per heavy atom. The topological polar surface area (TPSA) is 95.5 Å². The first kappa shape index (κ1) is 23.7. The Kier molecular flexibility index (Phi) is 7.53. The molecule has 0 saturated carbocycles. The van der Waals surface area contributed by atoms with Crippen LogP contribution in [0, 0.1) is 0 Å². The van der Waals surface area contributed by atoms with Crippen molar-refractivity contribution in [1.29, 1.82) is 0 Å². The molecule has 4 rings (SSSR count). The third kappa shape index (κ3) is 6.32. The van der Waals surface area contributed by atoms with Gasteiger partial charge < -0.3 is 15.7 Å². The molecule has 1 atom stereocenters. The minimum atomic E-state index is -1.03. The second kappa shape index (κ2) is 11.1. The minimum absolute atomic E-state index is 0.00311. The van der Waals surface area contributed by atoms with Crippen molar-refractivity contribution in [2.24, 2.45) is 0 Å². The normalized spacial score (nSPS) is 11.5. The number of hydrogen-bond donors (Lipinski definition) is 3. The van der Waals surface area contributed by atoms with Crippen molar-refractivity contribution in [2.75, 3.05) is 0 Å². The second-order valence-electron chi connectivity index (χ2n) is 8.30. The maximum atomic E-state index is 12.9. The third-order valence-electron chi connectivity index (χ3n) is 5.81. The molecular formula is C29H26N2O4. The summed E-state index contributed by atoms with van der Waals surface area (Å²) >= 11 is 0. The van der Waals surface area contributed by atoms with Gasteiger partial charge in [-0.25, -0.2) is 0 Å². The Labute approximate surface area is 203 Å². The van der Waals surface area contributed by atoms with E-state index in [2.05, 4.69) is 34.9 Å². The van der Waals surface area contributed by atoms with Crippen LogP contribution in [0.4, 0.5) is 0 Å². The van der Waals surface area contributed by atoms with Gasteiger partial charge >= 0.3 is 5.97 Å². The molecule has 0 aliphatic carbocycles. The van der Waals surface area contributed by atoms with Gasteiger partial charge in [0, 0.05) is 18.5 Å². The van der Waals surface area contributed by atoms with Crippen molar-refractivity contribution in [3.05, 3.63) is 108 Å². The average molecular weight is 467 g/mol. The van der Waals surface area contributed by atoms with Gasteiger partial charge in [0.05, 0.1) is 0 Å². The fourth-order valence-corrected chi connectivity index (χ4v) is 3.87. The lowest BCUT2D eigenvalue weighted by Crippen LogP contribution is -2.46. The lowest BCUT2D eigenvalue weighted by molar-refractivity contribution is -0.137. The number of fused-ring (bicyclic) bond motifs is 1. The fourth-order valence-electron chi connectivity index (χ4n) is 3.87. The molecule has 0 bridgehead atoms. The third-order valence-corrected chi connectivity index (χ3v) is 5.81. The van der Waals surface area contributed by atoms with Crippen LogP contribution in [0.5, 0.6) is 0 Å². The molecule has 0 aliphatic rings. The molecule has 0 radical (unpaired) electrons. The van der Waals surface area contributed by atoms with Crippen LogP contribution in [0.3, 0.4) is 0 Å². The van der Waals surface area contributed by atoms with E-state index in [0.29, 0.717) is 12.1 Å². The number of rotatable bonds is 9. The zero-order chi connectivity index (χ0) is 24.6. The molecule has 6 heteroatoms. The molecule has 176 valence electrons. The molecule has 0 fully saturated rings. The van der Waals surface area contributed by atoms with Gasteiger partial charge in [-0.3, -0.25) is 14.4 Å². The average Bonchev–Trinajstić information content (AvgIpc) is 2.89. The number of aliphatic carboxylic acids is 1. The van der Waals surface area contributed by atoms with Crippen molar-refractivity contribution in [2.45, 2.75) is 25.4 Å². The van der Waals surface area contributed by atoms with E-state index < -0.39 is 23.8 Å². The molecule has 2 amide bonds. The Balaban J connectivity index is 1.44. The zero-order valence-corrected chi connectivity index (χ0v) is 19.1. The van der Waals surface area contributed by atoms with Gasteiger partial charge in [0.25, 0.3) is 5.91 Å². The lowest BCUT2D eigenvalue weighted by atomic mass is 10.00. The molecule has 0 spiro atoms. The Morgan fingerprint density at radius 1 is 0.743 bits per heavy atom. The highest BCUT2D eigenvalue weighted by atomic mass is 16.4. The number of carboxylic acid groups (broad SMARTS) is 1. The maximum absolute atomic E-state index is 12.9. The molecule has 0 unspecified atom stereocenters. The predicted octanol–water partition coefficient (Wildman–Crippen LogP) is 4.79. The standard InChI is InChI=1S/C29H26N2O4/c32-27(33)17-16-26(29(35)30-19-20-6-2-1-3-7-20)31-28(34)23-13-10-22(11-14-23)25-15-12-21-8-4-5-9-24(21)18-25/h1-15,18,26H,16-17,19H2,(H,30,35)(H,31,34)(H,32,33)/t26-/m0/s1. The van der Waals surface area contributed by atoms with E-state index >= 15 is 0 Å². The first-order chi connectivity index (χ1) is 17.0. The fraction of sp³-hybridized carbons (Fsp3) is 0.138. The molecule has 35 heavy (non-hydrogen) atoms. The van der Waals surface area contributed by atoms with E-state index in [1.165, 1.54) is 0 Å². The number of carboxylic acids is 1. The highest BCUT2D eigenvalue weighted by Gasteiger charge is 2.22. The smallest absolute Gasteiger partial charge is 0.303 e. The maximum Gasteiger partial charge on any atom is 0.303 e. The van der Waals surface area contributed by atoms with Crippen molar-refractivity contribution >= 4 is 28.6 Å². The van der Waals surface area contributed by atoms with Crippen molar-refractivity contribution < 1.29 is 19.5 Å². The van der Waals surface area contributed by atoms with Gasteiger partial charge in [-0.1, -0.05) is 78.9 Å². The van der Waals surface area contributed by atoms with Crippen LogP contribution in [-0.4, -0.2) is 28.9 Å². The predicted molar refractivity (Wildman–Crippen MR) is 136 cm³/mol. The van der Waals surface area contributed by atoms with E-state index in [1.54, 1.807) is 12.1 Å².